The van der Waals surface area contributed by atoms with Crippen molar-refractivity contribution in [1.82, 2.24) is 4.90 Å². The van der Waals surface area contributed by atoms with E-state index in [0.29, 0.717) is 17.8 Å². The van der Waals surface area contributed by atoms with Gasteiger partial charge in [-0.15, -0.1) is 6.58 Å². The third-order valence-corrected chi connectivity index (χ3v) is 4.18. The number of esters is 1. The van der Waals surface area contributed by atoms with E-state index in [9.17, 15) is 9.59 Å². The number of nitrogens with zero attached hydrogens (tertiary/aromatic N) is 1. The van der Waals surface area contributed by atoms with Gasteiger partial charge in [0.15, 0.2) is 0 Å². The summed E-state index contributed by atoms with van der Waals surface area (Å²) in [5.41, 5.74) is 3.32. The van der Waals surface area contributed by atoms with Crippen LogP contribution in [0.4, 0.5) is 0 Å². The van der Waals surface area contributed by atoms with Crippen LogP contribution in [0, 0.1) is 6.92 Å². The minimum atomic E-state index is -0.352. The fourth-order valence-electron chi connectivity index (χ4n) is 2.99. The first-order valence-corrected chi connectivity index (χ1v) is 8.24. The summed E-state index contributed by atoms with van der Waals surface area (Å²) in [5, 5.41) is 0. The van der Waals surface area contributed by atoms with Gasteiger partial charge in [-0.3, -0.25) is 4.79 Å². The predicted octanol–water partition coefficient (Wildman–Crippen LogP) is 3.72. The summed E-state index contributed by atoms with van der Waals surface area (Å²) in [5.74, 6) is -0.626. The Morgan fingerprint density at radius 2 is 1.96 bits per heavy atom. The fraction of sp³-hybridized carbons (Fsp3) is 0.400. The van der Waals surface area contributed by atoms with Crippen molar-refractivity contribution in [2.24, 2.45) is 0 Å². The molecule has 0 aliphatic carbocycles. The fourth-order valence-corrected chi connectivity index (χ4v) is 2.99. The summed E-state index contributed by atoms with van der Waals surface area (Å²) in [6.07, 6.45) is 1.72. The molecule has 1 heterocycles. The summed E-state index contributed by atoms with van der Waals surface area (Å²) < 4.78 is 5.44. The topological polar surface area (TPSA) is 46.6 Å². The second kappa shape index (κ2) is 7.47. The molecule has 4 nitrogen and oxygen atoms in total. The molecule has 0 spiro atoms. The van der Waals surface area contributed by atoms with Gasteiger partial charge in [0.25, 0.3) is 0 Å². The first kappa shape index (κ1) is 18.0. The maximum absolute atomic E-state index is 12.7. The van der Waals surface area contributed by atoms with Crippen molar-refractivity contribution in [3.8, 4) is 0 Å². The van der Waals surface area contributed by atoms with E-state index in [2.05, 4.69) is 6.58 Å². The van der Waals surface area contributed by atoms with Crippen molar-refractivity contribution < 1.29 is 14.3 Å². The monoisotopic (exact) mass is 327 g/mol. The zero-order valence-corrected chi connectivity index (χ0v) is 14.8. The molecule has 1 amide bonds. The quantitative estimate of drug-likeness (QED) is 0.611. The highest BCUT2D eigenvalue weighted by Crippen LogP contribution is 2.37. The molecule has 0 saturated carbocycles. The van der Waals surface area contributed by atoms with Crippen LogP contribution in [0.25, 0.3) is 0 Å². The average Bonchev–Trinajstić information content (AvgIpc) is 2.50. The van der Waals surface area contributed by atoms with Crippen LogP contribution < -0.4 is 0 Å². The lowest BCUT2D eigenvalue weighted by Gasteiger charge is -2.34. The summed E-state index contributed by atoms with van der Waals surface area (Å²) in [6.45, 7) is 11.6. The largest absolute Gasteiger partial charge is 0.460 e. The molecule has 24 heavy (non-hydrogen) atoms. The summed E-state index contributed by atoms with van der Waals surface area (Å²) in [7, 11) is 0. The number of hydrogen-bond acceptors (Lipinski definition) is 3. The molecule has 0 fully saturated rings. The van der Waals surface area contributed by atoms with Crippen molar-refractivity contribution in [2.75, 3.05) is 6.54 Å². The lowest BCUT2D eigenvalue weighted by atomic mass is 9.83. The van der Waals surface area contributed by atoms with Crippen LogP contribution >= 0.6 is 0 Å². The number of carbonyl (C=O) groups is 2. The lowest BCUT2D eigenvalue weighted by Crippen LogP contribution is -2.38. The van der Waals surface area contributed by atoms with E-state index in [0.717, 1.165) is 11.1 Å². The SMILES string of the molecule is C=CCN1C(=O)C[C@@H](c2ccc(C)cc2)C(C(=O)OC(C)C)=C1C. The van der Waals surface area contributed by atoms with Crippen LogP contribution in [0.2, 0.25) is 0 Å². The van der Waals surface area contributed by atoms with Crippen LogP contribution in [0.15, 0.2) is 48.2 Å². The second-order valence-electron chi connectivity index (χ2n) is 6.41. The number of allylic oxidation sites excluding steroid dienone is 1. The molecule has 0 saturated heterocycles. The van der Waals surface area contributed by atoms with Gasteiger partial charge in [0, 0.05) is 24.6 Å². The number of hydrogen-bond donors (Lipinski definition) is 0. The molecular weight excluding hydrogens is 302 g/mol. The number of benzene rings is 1. The molecule has 1 aromatic carbocycles. The summed E-state index contributed by atoms with van der Waals surface area (Å²) >= 11 is 0. The van der Waals surface area contributed by atoms with E-state index >= 15 is 0 Å². The standard InChI is InChI=1S/C20H25NO3/c1-6-11-21-15(5)19(20(23)24-13(2)3)17(12-18(21)22)16-9-7-14(4)8-10-16/h6-10,13,17H,1,11-12H2,2-5H3/t17-/m0/s1. The Morgan fingerprint density at radius 3 is 2.50 bits per heavy atom. The minimum Gasteiger partial charge on any atom is -0.460 e. The van der Waals surface area contributed by atoms with Crippen LogP contribution in [0.5, 0.6) is 0 Å². The molecule has 0 bridgehead atoms. The molecule has 1 atom stereocenters. The predicted molar refractivity (Wildman–Crippen MR) is 94.4 cm³/mol. The maximum atomic E-state index is 12.7. The Labute approximate surface area is 143 Å². The number of amides is 1. The van der Waals surface area contributed by atoms with Gasteiger partial charge < -0.3 is 9.64 Å². The van der Waals surface area contributed by atoms with Gasteiger partial charge in [0.2, 0.25) is 5.91 Å². The van der Waals surface area contributed by atoms with Gasteiger partial charge in [-0.25, -0.2) is 4.79 Å². The highest BCUT2D eigenvalue weighted by Gasteiger charge is 2.36. The third-order valence-electron chi connectivity index (χ3n) is 4.18. The van der Waals surface area contributed by atoms with Crippen molar-refractivity contribution in [3.63, 3.8) is 0 Å². The molecule has 1 aliphatic heterocycles. The summed E-state index contributed by atoms with van der Waals surface area (Å²) in [4.78, 5) is 26.8. The molecular formula is C20H25NO3. The van der Waals surface area contributed by atoms with Crippen molar-refractivity contribution in [1.29, 1.82) is 0 Å². The molecule has 0 aromatic heterocycles. The van der Waals surface area contributed by atoms with Crippen molar-refractivity contribution in [2.45, 2.75) is 46.1 Å². The third kappa shape index (κ3) is 3.75. The van der Waals surface area contributed by atoms with E-state index in [1.54, 1.807) is 17.9 Å². The Hall–Kier alpha value is -2.36. The number of rotatable bonds is 5. The van der Waals surface area contributed by atoms with E-state index in [1.165, 1.54) is 0 Å². The van der Waals surface area contributed by atoms with Gasteiger partial charge >= 0.3 is 5.97 Å². The van der Waals surface area contributed by atoms with Crippen molar-refractivity contribution in [3.05, 3.63) is 59.3 Å². The molecule has 128 valence electrons. The molecule has 2 rings (SSSR count). The lowest BCUT2D eigenvalue weighted by molar-refractivity contribution is -0.143. The first-order chi connectivity index (χ1) is 11.3. The van der Waals surface area contributed by atoms with Crippen LogP contribution in [0.3, 0.4) is 0 Å². The minimum absolute atomic E-state index is 0.000859. The zero-order chi connectivity index (χ0) is 17.9. The van der Waals surface area contributed by atoms with Gasteiger partial charge in [0.05, 0.1) is 11.7 Å². The summed E-state index contributed by atoms with van der Waals surface area (Å²) in [6, 6.07) is 7.95. The Balaban J connectivity index is 2.51. The number of ether oxygens (including phenoxy) is 1. The zero-order valence-electron chi connectivity index (χ0n) is 14.8. The normalized spacial score (nSPS) is 18.1. The van der Waals surface area contributed by atoms with Crippen LogP contribution in [-0.2, 0) is 14.3 Å². The molecule has 1 aliphatic rings. The molecule has 0 radical (unpaired) electrons. The molecule has 4 heteroatoms. The van der Waals surface area contributed by atoms with Crippen LogP contribution in [0.1, 0.15) is 44.2 Å². The molecule has 0 N–H and O–H groups in total. The number of aryl methyl sites for hydroxylation is 1. The van der Waals surface area contributed by atoms with Gasteiger partial charge in [-0.05, 0) is 33.3 Å². The van der Waals surface area contributed by atoms with E-state index < -0.39 is 0 Å². The Morgan fingerprint density at radius 1 is 1.33 bits per heavy atom. The Kier molecular flexibility index (Phi) is 5.60. The highest BCUT2D eigenvalue weighted by atomic mass is 16.5. The van der Waals surface area contributed by atoms with Gasteiger partial charge in [-0.2, -0.15) is 0 Å². The van der Waals surface area contributed by atoms with E-state index in [1.807, 2.05) is 45.0 Å². The number of carbonyl (C=O) groups excluding carboxylic acids is 2. The molecule has 0 unspecified atom stereocenters. The second-order valence-corrected chi connectivity index (χ2v) is 6.41. The van der Waals surface area contributed by atoms with E-state index in [-0.39, 0.29) is 30.3 Å². The first-order valence-electron chi connectivity index (χ1n) is 8.24. The van der Waals surface area contributed by atoms with Gasteiger partial charge in [0.1, 0.15) is 0 Å². The molecule has 1 aromatic rings. The van der Waals surface area contributed by atoms with Crippen LogP contribution in [-0.4, -0.2) is 29.4 Å². The smallest absolute Gasteiger partial charge is 0.336 e. The Bertz CT molecular complexity index is 671. The van der Waals surface area contributed by atoms with Crippen molar-refractivity contribution >= 4 is 11.9 Å². The van der Waals surface area contributed by atoms with Gasteiger partial charge in [-0.1, -0.05) is 35.9 Å². The average molecular weight is 327 g/mol. The highest BCUT2D eigenvalue weighted by molar-refractivity contribution is 5.96. The van der Waals surface area contributed by atoms with E-state index in [4.69, 9.17) is 4.74 Å². The maximum Gasteiger partial charge on any atom is 0.336 e.